The third-order valence-electron chi connectivity index (χ3n) is 2.77. The summed E-state index contributed by atoms with van der Waals surface area (Å²) in [6, 6.07) is 7.34. The Hall–Kier alpha value is -1.77. The number of esters is 1. The Labute approximate surface area is 100 Å². The molecular formula is C14H16O3. The highest BCUT2D eigenvalue weighted by molar-refractivity contribution is 5.94. The third-order valence-corrected chi connectivity index (χ3v) is 2.77. The fraction of sp³-hybridized carbons (Fsp3) is 0.357. The van der Waals surface area contributed by atoms with E-state index in [0.29, 0.717) is 5.56 Å². The summed E-state index contributed by atoms with van der Waals surface area (Å²) in [6.45, 7) is 2.15. The Bertz CT molecular complexity index is 525. The second-order valence-electron chi connectivity index (χ2n) is 4.06. The molecule has 0 fully saturated rings. The maximum Gasteiger partial charge on any atom is 0.337 e. The number of benzene rings is 1. The molecule has 3 nitrogen and oxygen atoms in total. The van der Waals surface area contributed by atoms with Gasteiger partial charge in [-0.05, 0) is 30.7 Å². The standard InChI is InChI=1S/C14H16O3/c1-3-4-5-12-9-11-8-10(14(15)16-2)6-7-13(11)17-12/h6-9H,3-5H2,1-2H3. The van der Waals surface area contributed by atoms with Crippen LogP contribution in [-0.2, 0) is 11.2 Å². The van der Waals surface area contributed by atoms with Crippen molar-refractivity contribution >= 4 is 16.9 Å². The molecule has 0 bridgehead atoms. The zero-order valence-corrected chi connectivity index (χ0v) is 10.2. The number of furan rings is 1. The fourth-order valence-corrected chi connectivity index (χ4v) is 1.82. The van der Waals surface area contributed by atoms with E-state index in [-0.39, 0.29) is 5.97 Å². The van der Waals surface area contributed by atoms with Crippen molar-refractivity contribution in [3.63, 3.8) is 0 Å². The van der Waals surface area contributed by atoms with Crippen molar-refractivity contribution in [2.75, 3.05) is 7.11 Å². The Balaban J connectivity index is 2.31. The van der Waals surface area contributed by atoms with Gasteiger partial charge in [0.05, 0.1) is 12.7 Å². The number of hydrogen-bond donors (Lipinski definition) is 0. The van der Waals surface area contributed by atoms with E-state index in [1.165, 1.54) is 7.11 Å². The molecule has 0 atom stereocenters. The van der Waals surface area contributed by atoms with Gasteiger partial charge >= 0.3 is 5.97 Å². The van der Waals surface area contributed by atoms with Gasteiger partial charge in [-0.2, -0.15) is 0 Å². The molecule has 0 radical (unpaired) electrons. The summed E-state index contributed by atoms with van der Waals surface area (Å²) < 4.78 is 10.4. The van der Waals surface area contributed by atoms with Crippen molar-refractivity contribution < 1.29 is 13.9 Å². The van der Waals surface area contributed by atoms with Gasteiger partial charge < -0.3 is 9.15 Å². The highest BCUT2D eigenvalue weighted by atomic mass is 16.5. The second kappa shape index (κ2) is 5.04. The maximum atomic E-state index is 11.4. The minimum absolute atomic E-state index is 0.316. The van der Waals surface area contributed by atoms with Gasteiger partial charge in [0.2, 0.25) is 0 Å². The number of carbonyl (C=O) groups is 1. The molecule has 1 aromatic carbocycles. The van der Waals surface area contributed by atoms with E-state index in [0.717, 1.165) is 36.0 Å². The lowest BCUT2D eigenvalue weighted by Gasteiger charge is -1.97. The van der Waals surface area contributed by atoms with E-state index in [4.69, 9.17) is 4.42 Å². The van der Waals surface area contributed by atoms with Crippen LogP contribution in [0.1, 0.15) is 35.9 Å². The maximum absolute atomic E-state index is 11.4. The molecular weight excluding hydrogens is 216 g/mol. The summed E-state index contributed by atoms with van der Waals surface area (Å²) in [6.07, 6.45) is 3.20. The number of unbranched alkanes of at least 4 members (excludes halogenated alkanes) is 1. The summed E-state index contributed by atoms with van der Waals surface area (Å²) in [5, 5.41) is 0.957. The van der Waals surface area contributed by atoms with Crippen LogP contribution in [0.15, 0.2) is 28.7 Å². The molecule has 0 amide bonds. The number of rotatable bonds is 4. The van der Waals surface area contributed by atoms with Gasteiger partial charge in [-0.25, -0.2) is 4.79 Å². The molecule has 3 heteroatoms. The summed E-state index contributed by atoms with van der Waals surface area (Å²) in [5.41, 5.74) is 1.38. The van der Waals surface area contributed by atoms with Crippen LogP contribution in [0.4, 0.5) is 0 Å². The van der Waals surface area contributed by atoms with Crippen LogP contribution in [0.3, 0.4) is 0 Å². The Kier molecular flexibility index (Phi) is 3.47. The SMILES string of the molecule is CCCCc1cc2cc(C(=O)OC)ccc2o1. The number of hydrogen-bond acceptors (Lipinski definition) is 3. The third kappa shape index (κ3) is 2.49. The van der Waals surface area contributed by atoms with Gasteiger partial charge in [0.25, 0.3) is 0 Å². The van der Waals surface area contributed by atoms with E-state index >= 15 is 0 Å². The fourth-order valence-electron chi connectivity index (χ4n) is 1.82. The number of methoxy groups -OCH3 is 1. The molecule has 0 saturated carbocycles. The first-order chi connectivity index (χ1) is 8.24. The van der Waals surface area contributed by atoms with Crippen LogP contribution in [0.25, 0.3) is 11.0 Å². The quantitative estimate of drug-likeness (QED) is 0.756. The van der Waals surface area contributed by atoms with Crippen LogP contribution >= 0.6 is 0 Å². The van der Waals surface area contributed by atoms with E-state index in [1.54, 1.807) is 12.1 Å². The van der Waals surface area contributed by atoms with E-state index in [1.807, 2.05) is 12.1 Å². The molecule has 2 rings (SSSR count). The zero-order chi connectivity index (χ0) is 12.3. The molecule has 1 aromatic heterocycles. The van der Waals surface area contributed by atoms with E-state index in [9.17, 15) is 4.79 Å². The average Bonchev–Trinajstić information content (AvgIpc) is 2.76. The molecule has 0 aliphatic heterocycles. The predicted octanol–water partition coefficient (Wildman–Crippen LogP) is 3.56. The number of ether oxygens (including phenoxy) is 1. The first kappa shape index (κ1) is 11.7. The van der Waals surface area contributed by atoms with Gasteiger partial charge in [-0.1, -0.05) is 13.3 Å². The van der Waals surface area contributed by atoms with E-state index < -0.39 is 0 Å². The lowest BCUT2D eigenvalue weighted by Crippen LogP contribution is -1.99. The Morgan fingerprint density at radius 3 is 2.88 bits per heavy atom. The molecule has 0 unspecified atom stereocenters. The summed E-state index contributed by atoms with van der Waals surface area (Å²) >= 11 is 0. The first-order valence-corrected chi connectivity index (χ1v) is 5.85. The first-order valence-electron chi connectivity index (χ1n) is 5.85. The largest absolute Gasteiger partial charge is 0.465 e. The van der Waals surface area contributed by atoms with Gasteiger partial charge in [0, 0.05) is 11.8 Å². The number of carbonyl (C=O) groups excluding carboxylic acids is 1. The Morgan fingerprint density at radius 2 is 2.18 bits per heavy atom. The normalized spacial score (nSPS) is 10.7. The van der Waals surface area contributed by atoms with Crippen LogP contribution < -0.4 is 0 Å². The lowest BCUT2D eigenvalue weighted by atomic mass is 10.1. The predicted molar refractivity (Wildman–Crippen MR) is 66.2 cm³/mol. The molecule has 1 heterocycles. The molecule has 0 aliphatic rings. The van der Waals surface area contributed by atoms with Crippen molar-refractivity contribution in [3.05, 3.63) is 35.6 Å². The summed E-state index contributed by atoms with van der Waals surface area (Å²) in [4.78, 5) is 11.4. The zero-order valence-electron chi connectivity index (χ0n) is 10.2. The van der Waals surface area contributed by atoms with Gasteiger partial charge in [-0.15, -0.1) is 0 Å². The molecule has 0 aliphatic carbocycles. The van der Waals surface area contributed by atoms with E-state index in [2.05, 4.69) is 11.7 Å². The smallest absolute Gasteiger partial charge is 0.337 e. The van der Waals surface area contributed by atoms with Crippen LogP contribution in [0.2, 0.25) is 0 Å². The molecule has 17 heavy (non-hydrogen) atoms. The monoisotopic (exact) mass is 232 g/mol. The topological polar surface area (TPSA) is 39.4 Å². The van der Waals surface area contributed by atoms with Crippen molar-refractivity contribution in [2.45, 2.75) is 26.2 Å². The van der Waals surface area contributed by atoms with Crippen LogP contribution in [0, 0.1) is 0 Å². The minimum atomic E-state index is -0.316. The number of aryl methyl sites for hydroxylation is 1. The van der Waals surface area contributed by atoms with Gasteiger partial charge in [0.15, 0.2) is 0 Å². The van der Waals surface area contributed by atoms with Gasteiger partial charge in [0.1, 0.15) is 11.3 Å². The summed E-state index contributed by atoms with van der Waals surface area (Å²) in [7, 11) is 1.38. The van der Waals surface area contributed by atoms with Crippen molar-refractivity contribution in [2.24, 2.45) is 0 Å². The van der Waals surface area contributed by atoms with Crippen molar-refractivity contribution in [3.8, 4) is 0 Å². The van der Waals surface area contributed by atoms with Gasteiger partial charge in [-0.3, -0.25) is 0 Å². The highest BCUT2D eigenvalue weighted by Crippen LogP contribution is 2.22. The van der Waals surface area contributed by atoms with Crippen molar-refractivity contribution in [1.82, 2.24) is 0 Å². The molecule has 90 valence electrons. The minimum Gasteiger partial charge on any atom is -0.465 e. The molecule has 0 spiro atoms. The van der Waals surface area contributed by atoms with Crippen LogP contribution in [-0.4, -0.2) is 13.1 Å². The Morgan fingerprint density at radius 1 is 1.35 bits per heavy atom. The summed E-state index contributed by atoms with van der Waals surface area (Å²) in [5.74, 6) is 0.659. The molecule has 2 aromatic rings. The average molecular weight is 232 g/mol. The van der Waals surface area contributed by atoms with Crippen molar-refractivity contribution in [1.29, 1.82) is 0 Å². The van der Waals surface area contributed by atoms with Crippen LogP contribution in [0.5, 0.6) is 0 Å². The number of fused-ring (bicyclic) bond motifs is 1. The molecule has 0 saturated heterocycles. The lowest BCUT2D eigenvalue weighted by molar-refractivity contribution is 0.0601. The highest BCUT2D eigenvalue weighted by Gasteiger charge is 2.09. The second-order valence-corrected chi connectivity index (χ2v) is 4.06. The molecule has 0 N–H and O–H groups in total.